The molecule has 0 N–H and O–H groups in total. The average molecular weight is 414 g/mol. The van der Waals surface area contributed by atoms with Gasteiger partial charge >= 0.3 is 0 Å². The fourth-order valence-electron chi connectivity index (χ4n) is 5.17. The lowest BCUT2D eigenvalue weighted by Gasteiger charge is -2.48. The normalized spacial score (nSPS) is 23.3. The molecule has 0 saturated carbocycles. The maximum Gasteiger partial charge on any atom is 0.205 e. The van der Waals surface area contributed by atoms with E-state index in [1.165, 1.54) is 0 Å². The molecule has 4 rings (SSSR count). The van der Waals surface area contributed by atoms with Crippen LogP contribution in [0.3, 0.4) is 0 Å². The van der Waals surface area contributed by atoms with Crippen molar-refractivity contribution >= 4 is 5.71 Å². The molecule has 2 aromatic carbocycles. The topological polar surface area (TPSA) is 78.4 Å². The molecule has 2 aliphatic rings. The fraction of sp³-hybridized carbons (Fsp3) is 0.423. The van der Waals surface area contributed by atoms with Gasteiger partial charge in [-0.25, -0.2) is 0 Å². The van der Waals surface area contributed by atoms with Gasteiger partial charge in [-0.05, 0) is 75.9 Å². The Kier molecular flexibility index (Phi) is 5.33. The van der Waals surface area contributed by atoms with Crippen molar-refractivity contribution in [3.8, 4) is 29.1 Å². The summed E-state index contributed by atoms with van der Waals surface area (Å²) in [6.45, 7) is 8.51. The quantitative estimate of drug-likeness (QED) is 0.598. The molecule has 1 atom stereocenters. The average Bonchev–Trinajstić information content (AvgIpc) is 2.71. The van der Waals surface area contributed by atoms with E-state index in [9.17, 15) is 10.5 Å². The van der Waals surface area contributed by atoms with Gasteiger partial charge in [0, 0.05) is 17.9 Å². The summed E-state index contributed by atoms with van der Waals surface area (Å²) >= 11 is 0. The number of hydrogen-bond donors (Lipinski definition) is 0. The first-order chi connectivity index (χ1) is 14.7. The number of benzene rings is 2. The van der Waals surface area contributed by atoms with E-state index in [-0.39, 0.29) is 17.3 Å². The third kappa shape index (κ3) is 4.48. The summed E-state index contributed by atoms with van der Waals surface area (Å²) in [5.41, 5.74) is 3.70. The van der Waals surface area contributed by atoms with Crippen LogP contribution in [0, 0.1) is 28.7 Å². The largest absolute Gasteiger partial charge is 0.489 e. The molecule has 2 heterocycles. The van der Waals surface area contributed by atoms with Crippen LogP contribution in [0.25, 0.3) is 11.1 Å². The van der Waals surface area contributed by atoms with Gasteiger partial charge in [0.15, 0.2) is 0 Å². The van der Waals surface area contributed by atoms with Crippen LogP contribution in [0.5, 0.6) is 5.75 Å². The van der Waals surface area contributed by atoms with E-state index in [2.05, 4.69) is 38.8 Å². The van der Waals surface area contributed by atoms with E-state index in [1.807, 2.05) is 42.6 Å². The monoisotopic (exact) mass is 413 g/mol. The highest BCUT2D eigenvalue weighted by Crippen LogP contribution is 2.43. The van der Waals surface area contributed by atoms with Gasteiger partial charge in [0.2, 0.25) is 6.19 Å². The van der Waals surface area contributed by atoms with Crippen molar-refractivity contribution < 1.29 is 9.47 Å². The zero-order valence-electron chi connectivity index (χ0n) is 18.5. The maximum atomic E-state index is 9.33. The van der Waals surface area contributed by atoms with Crippen molar-refractivity contribution in [1.29, 1.82) is 10.5 Å². The van der Waals surface area contributed by atoms with E-state index in [4.69, 9.17) is 9.47 Å². The molecule has 5 heteroatoms. The number of nitrogens with zero attached hydrogens (tertiary/aromatic N) is 3. The molecule has 2 aliphatic heterocycles. The minimum absolute atomic E-state index is 0.0465. The summed E-state index contributed by atoms with van der Waals surface area (Å²) in [6.07, 6.45) is 4.32. The predicted molar refractivity (Wildman–Crippen MR) is 120 cm³/mol. The van der Waals surface area contributed by atoms with Gasteiger partial charge in [-0.1, -0.05) is 18.2 Å². The Labute approximate surface area is 183 Å². The van der Waals surface area contributed by atoms with Gasteiger partial charge in [0.1, 0.15) is 11.9 Å². The van der Waals surface area contributed by atoms with Crippen molar-refractivity contribution in [1.82, 2.24) is 0 Å². The second kappa shape index (κ2) is 7.84. The second-order valence-corrected chi connectivity index (χ2v) is 9.71. The van der Waals surface area contributed by atoms with Gasteiger partial charge in [-0.15, -0.1) is 0 Å². The number of ether oxygens (including phenoxy) is 2. The van der Waals surface area contributed by atoms with Gasteiger partial charge in [-0.2, -0.15) is 15.5 Å². The van der Waals surface area contributed by atoms with Gasteiger partial charge in [0.25, 0.3) is 0 Å². The lowest BCUT2D eigenvalue weighted by molar-refractivity contribution is -0.183. The molecule has 0 bridgehead atoms. The number of fused-ring (bicyclic) bond motifs is 1. The summed E-state index contributed by atoms with van der Waals surface area (Å²) in [4.78, 5) is 4.17. The summed E-state index contributed by atoms with van der Waals surface area (Å²) in [5.74, 6) is 1.07. The lowest BCUT2D eigenvalue weighted by atomic mass is 9.76. The number of nitriles is 2. The summed E-state index contributed by atoms with van der Waals surface area (Å²) in [7, 11) is 0. The van der Waals surface area contributed by atoms with Gasteiger partial charge in [0.05, 0.1) is 28.5 Å². The Morgan fingerprint density at radius 3 is 2.35 bits per heavy atom. The van der Waals surface area contributed by atoms with Gasteiger partial charge in [-0.3, -0.25) is 0 Å². The first-order valence-electron chi connectivity index (χ1n) is 10.7. The van der Waals surface area contributed by atoms with Crippen molar-refractivity contribution in [2.24, 2.45) is 10.9 Å². The van der Waals surface area contributed by atoms with Crippen LogP contribution in [-0.2, 0) is 4.74 Å². The molecule has 0 spiro atoms. The molecule has 1 saturated heterocycles. The molecule has 1 unspecified atom stereocenters. The molecule has 2 aromatic rings. The van der Waals surface area contributed by atoms with Crippen LogP contribution in [0.4, 0.5) is 0 Å². The van der Waals surface area contributed by atoms with E-state index in [0.717, 1.165) is 41.0 Å². The van der Waals surface area contributed by atoms with E-state index < -0.39 is 0 Å². The first kappa shape index (κ1) is 21.1. The first-order valence-corrected chi connectivity index (χ1v) is 10.7. The van der Waals surface area contributed by atoms with Crippen molar-refractivity contribution in [2.45, 2.75) is 64.3 Å². The van der Waals surface area contributed by atoms with Crippen molar-refractivity contribution in [3.63, 3.8) is 0 Å². The highest BCUT2D eigenvalue weighted by atomic mass is 16.5. The molecule has 1 fully saturated rings. The highest BCUT2D eigenvalue weighted by Gasteiger charge is 2.44. The summed E-state index contributed by atoms with van der Waals surface area (Å²) in [6, 6.07) is 15.6. The Morgan fingerprint density at radius 1 is 0.968 bits per heavy atom. The molecule has 31 heavy (non-hydrogen) atoms. The Hall–Kier alpha value is -3.15. The van der Waals surface area contributed by atoms with E-state index >= 15 is 0 Å². The van der Waals surface area contributed by atoms with Crippen LogP contribution in [0.15, 0.2) is 47.5 Å². The molecule has 5 nitrogen and oxygen atoms in total. The minimum Gasteiger partial charge on any atom is -0.489 e. The van der Waals surface area contributed by atoms with E-state index in [0.29, 0.717) is 17.9 Å². The third-order valence-electron chi connectivity index (χ3n) is 6.06. The van der Waals surface area contributed by atoms with Crippen LogP contribution < -0.4 is 4.74 Å². The molecule has 158 valence electrons. The highest BCUT2D eigenvalue weighted by molar-refractivity contribution is 6.05. The molecule has 0 aliphatic carbocycles. The molecule has 0 radical (unpaired) electrons. The maximum absolute atomic E-state index is 9.33. The van der Waals surface area contributed by atoms with Gasteiger partial charge < -0.3 is 9.47 Å². The number of aliphatic imine (C=N–C) groups is 1. The number of hydrogen-bond acceptors (Lipinski definition) is 5. The van der Waals surface area contributed by atoms with Crippen molar-refractivity contribution in [3.05, 3.63) is 53.6 Å². The minimum atomic E-state index is -0.224. The van der Waals surface area contributed by atoms with Crippen LogP contribution in [0.1, 0.15) is 58.1 Å². The molecule has 0 aromatic heterocycles. The Bertz CT molecular complexity index is 1100. The van der Waals surface area contributed by atoms with Crippen LogP contribution in [-0.4, -0.2) is 23.0 Å². The smallest absolute Gasteiger partial charge is 0.205 e. The Morgan fingerprint density at radius 2 is 1.68 bits per heavy atom. The van der Waals surface area contributed by atoms with Crippen LogP contribution >= 0.6 is 0 Å². The predicted octanol–water partition coefficient (Wildman–Crippen LogP) is 5.63. The molecular weight excluding hydrogens is 386 g/mol. The SMILES string of the molecule is CC1(C)CC(C2CC(=NC#N)c3cc(-c4cccc(C#N)c4)ccc3O2)CC(C)(C)O1. The fourth-order valence-corrected chi connectivity index (χ4v) is 5.17. The van der Waals surface area contributed by atoms with Crippen LogP contribution in [0.2, 0.25) is 0 Å². The lowest BCUT2D eigenvalue weighted by Crippen LogP contribution is -2.50. The second-order valence-electron chi connectivity index (χ2n) is 9.71. The summed E-state index contributed by atoms with van der Waals surface area (Å²) < 4.78 is 12.7. The zero-order chi connectivity index (χ0) is 22.2. The van der Waals surface area contributed by atoms with Crippen molar-refractivity contribution in [2.75, 3.05) is 0 Å². The summed E-state index contributed by atoms with van der Waals surface area (Å²) in [5, 5.41) is 18.5. The Balaban J connectivity index is 1.68. The standard InChI is InChI=1S/C26H27N3O2/c1-25(2)13-20(14-26(3,4)31-25)24-12-22(29-16-28)21-11-19(8-9-23(21)30-24)18-7-5-6-17(10-18)15-27/h5-11,20,24H,12-14H2,1-4H3. The third-order valence-corrected chi connectivity index (χ3v) is 6.06. The molecule has 0 amide bonds. The number of rotatable bonds is 2. The zero-order valence-corrected chi connectivity index (χ0v) is 18.5. The molecular formula is C26H27N3O2. The van der Waals surface area contributed by atoms with E-state index in [1.54, 1.807) is 6.07 Å².